The molecule has 15 heavy (non-hydrogen) atoms. The quantitative estimate of drug-likeness (QED) is 0.392. The van der Waals surface area contributed by atoms with Gasteiger partial charge in [-0.05, 0) is 12.8 Å². The van der Waals surface area contributed by atoms with Crippen molar-refractivity contribution in [2.24, 2.45) is 11.7 Å². The van der Waals surface area contributed by atoms with Gasteiger partial charge in [0.25, 0.3) is 5.66 Å². The molecule has 5 heteroatoms. The molecule has 2 atom stereocenters. The molecule has 2 aliphatic carbocycles. The predicted octanol–water partition coefficient (Wildman–Crippen LogP) is 0.784. The number of nitro groups is 1. The first-order valence-electron chi connectivity index (χ1n) is 4.91. The van der Waals surface area contributed by atoms with Crippen LogP contribution in [0.15, 0.2) is 23.8 Å². The van der Waals surface area contributed by atoms with Gasteiger partial charge in [-0.25, -0.2) is 0 Å². The molecule has 2 N–H and O–H groups in total. The molecule has 1 saturated carbocycles. The third kappa shape index (κ3) is 1.39. The SMILES string of the molecule is NC1([N+](=O)[O-])C=CC=C2C(=O)CCCC21. The van der Waals surface area contributed by atoms with Gasteiger partial charge in [-0.3, -0.25) is 20.6 Å². The van der Waals surface area contributed by atoms with E-state index in [4.69, 9.17) is 5.73 Å². The lowest BCUT2D eigenvalue weighted by molar-refractivity contribution is -0.563. The number of hydrogen-bond donors (Lipinski definition) is 1. The molecule has 0 bridgehead atoms. The number of allylic oxidation sites excluding steroid dienone is 2. The summed E-state index contributed by atoms with van der Waals surface area (Å²) in [7, 11) is 0. The summed E-state index contributed by atoms with van der Waals surface area (Å²) in [5.41, 5.74) is 4.66. The van der Waals surface area contributed by atoms with E-state index in [-0.39, 0.29) is 5.78 Å². The van der Waals surface area contributed by atoms with Crippen molar-refractivity contribution in [1.82, 2.24) is 0 Å². The Morgan fingerprint density at radius 3 is 3.00 bits per heavy atom. The zero-order valence-corrected chi connectivity index (χ0v) is 8.18. The highest BCUT2D eigenvalue weighted by atomic mass is 16.6. The topological polar surface area (TPSA) is 86.2 Å². The van der Waals surface area contributed by atoms with E-state index in [0.717, 1.165) is 0 Å². The minimum absolute atomic E-state index is 0.00715. The average molecular weight is 208 g/mol. The zero-order valence-electron chi connectivity index (χ0n) is 8.18. The van der Waals surface area contributed by atoms with E-state index in [1.54, 1.807) is 6.08 Å². The third-order valence-electron chi connectivity index (χ3n) is 3.11. The molecule has 0 aromatic rings. The Morgan fingerprint density at radius 2 is 2.33 bits per heavy atom. The number of hydrogen-bond acceptors (Lipinski definition) is 4. The summed E-state index contributed by atoms with van der Waals surface area (Å²) < 4.78 is 0. The van der Waals surface area contributed by atoms with Crippen LogP contribution in [0.25, 0.3) is 0 Å². The molecule has 0 radical (unpaired) electrons. The van der Waals surface area contributed by atoms with Crippen LogP contribution < -0.4 is 5.73 Å². The summed E-state index contributed by atoms with van der Waals surface area (Å²) in [5.74, 6) is -0.467. The monoisotopic (exact) mass is 208 g/mol. The second-order valence-electron chi connectivity index (χ2n) is 3.99. The summed E-state index contributed by atoms with van der Waals surface area (Å²) >= 11 is 0. The molecule has 0 aliphatic heterocycles. The van der Waals surface area contributed by atoms with Gasteiger partial charge in [0.2, 0.25) is 0 Å². The van der Waals surface area contributed by atoms with Crippen LogP contribution >= 0.6 is 0 Å². The molecule has 2 rings (SSSR count). The van der Waals surface area contributed by atoms with Gasteiger partial charge in [0.1, 0.15) is 0 Å². The van der Waals surface area contributed by atoms with Gasteiger partial charge in [0.15, 0.2) is 5.78 Å². The maximum absolute atomic E-state index is 11.6. The van der Waals surface area contributed by atoms with Crippen LogP contribution in [0.4, 0.5) is 0 Å². The van der Waals surface area contributed by atoms with Gasteiger partial charge in [0.05, 0.1) is 5.92 Å². The molecule has 5 nitrogen and oxygen atoms in total. The molecule has 2 unspecified atom stereocenters. The first-order chi connectivity index (χ1) is 7.05. The molecular formula is C10H12N2O3. The summed E-state index contributed by atoms with van der Waals surface area (Å²) in [6, 6.07) is 0. The smallest absolute Gasteiger partial charge is 0.295 e. The Bertz CT molecular complexity index is 386. The Morgan fingerprint density at radius 1 is 1.60 bits per heavy atom. The molecule has 0 saturated heterocycles. The number of carbonyl (C=O) groups excluding carboxylic acids is 1. The Hall–Kier alpha value is -1.49. The number of ketones is 1. The summed E-state index contributed by atoms with van der Waals surface area (Å²) in [6.45, 7) is 0. The fourth-order valence-electron chi connectivity index (χ4n) is 2.26. The highest BCUT2D eigenvalue weighted by Gasteiger charge is 2.49. The number of fused-ring (bicyclic) bond motifs is 1. The Labute approximate surface area is 86.8 Å². The highest BCUT2D eigenvalue weighted by molar-refractivity contribution is 5.97. The van der Waals surface area contributed by atoms with E-state index < -0.39 is 16.5 Å². The van der Waals surface area contributed by atoms with Crippen LogP contribution in [-0.2, 0) is 4.79 Å². The van der Waals surface area contributed by atoms with Crippen LogP contribution in [-0.4, -0.2) is 16.4 Å². The van der Waals surface area contributed by atoms with Crippen LogP contribution in [0.5, 0.6) is 0 Å². The van der Waals surface area contributed by atoms with Gasteiger partial charge in [-0.15, -0.1) is 0 Å². The van der Waals surface area contributed by atoms with Gasteiger partial charge in [0, 0.05) is 23.0 Å². The lowest BCUT2D eigenvalue weighted by Crippen LogP contribution is -2.55. The lowest BCUT2D eigenvalue weighted by atomic mass is 9.73. The maximum Gasteiger partial charge on any atom is 0.298 e. The number of Topliss-reactive ketones (excluding diaryl/α,β-unsaturated/α-hetero) is 1. The predicted molar refractivity (Wildman–Crippen MR) is 53.5 cm³/mol. The van der Waals surface area contributed by atoms with E-state index >= 15 is 0 Å². The van der Waals surface area contributed by atoms with Crippen molar-refractivity contribution in [3.8, 4) is 0 Å². The van der Waals surface area contributed by atoms with E-state index in [0.29, 0.717) is 24.8 Å². The van der Waals surface area contributed by atoms with Crippen molar-refractivity contribution < 1.29 is 9.72 Å². The van der Waals surface area contributed by atoms with E-state index in [1.807, 2.05) is 0 Å². The van der Waals surface area contributed by atoms with Crippen LogP contribution in [0.3, 0.4) is 0 Å². The minimum atomic E-state index is -1.60. The van der Waals surface area contributed by atoms with Gasteiger partial charge in [-0.2, -0.15) is 0 Å². The lowest BCUT2D eigenvalue weighted by Gasteiger charge is -2.33. The van der Waals surface area contributed by atoms with Gasteiger partial charge >= 0.3 is 0 Å². The molecule has 0 spiro atoms. The second kappa shape index (κ2) is 3.27. The average Bonchev–Trinajstić information content (AvgIpc) is 2.20. The van der Waals surface area contributed by atoms with Crippen LogP contribution in [0, 0.1) is 16.0 Å². The number of nitrogens with two attached hydrogens (primary N) is 1. The fourth-order valence-corrected chi connectivity index (χ4v) is 2.26. The maximum atomic E-state index is 11.6. The normalized spacial score (nSPS) is 34.6. The van der Waals surface area contributed by atoms with Crippen molar-refractivity contribution in [3.05, 3.63) is 33.9 Å². The van der Waals surface area contributed by atoms with Crippen LogP contribution in [0.2, 0.25) is 0 Å². The van der Waals surface area contributed by atoms with E-state index in [1.165, 1.54) is 12.2 Å². The molecule has 1 fully saturated rings. The Balaban J connectivity index is 2.42. The molecule has 2 aliphatic rings. The van der Waals surface area contributed by atoms with E-state index in [9.17, 15) is 14.9 Å². The molecule has 0 aromatic carbocycles. The van der Waals surface area contributed by atoms with Crippen molar-refractivity contribution >= 4 is 5.78 Å². The Kier molecular flexibility index (Phi) is 2.19. The summed E-state index contributed by atoms with van der Waals surface area (Å²) in [4.78, 5) is 22.0. The van der Waals surface area contributed by atoms with Crippen molar-refractivity contribution in [1.29, 1.82) is 0 Å². The summed E-state index contributed by atoms with van der Waals surface area (Å²) in [6.07, 6.45) is 6.31. The van der Waals surface area contributed by atoms with Gasteiger partial charge in [-0.1, -0.05) is 12.2 Å². The van der Waals surface area contributed by atoms with Gasteiger partial charge < -0.3 is 0 Å². The molecular weight excluding hydrogens is 196 g/mol. The van der Waals surface area contributed by atoms with Crippen molar-refractivity contribution in [3.63, 3.8) is 0 Å². The molecule has 80 valence electrons. The van der Waals surface area contributed by atoms with Crippen molar-refractivity contribution in [2.75, 3.05) is 0 Å². The summed E-state index contributed by atoms with van der Waals surface area (Å²) in [5, 5.41) is 10.9. The van der Waals surface area contributed by atoms with Crippen LogP contribution in [0.1, 0.15) is 19.3 Å². The van der Waals surface area contributed by atoms with Crippen molar-refractivity contribution in [2.45, 2.75) is 24.9 Å². The zero-order chi connectivity index (χ0) is 11.1. The second-order valence-corrected chi connectivity index (χ2v) is 3.99. The fraction of sp³-hybridized carbons (Fsp3) is 0.500. The first kappa shape index (κ1) is 10.0. The minimum Gasteiger partial charge on any atom is -0.295 e. The number of carbonyl (C=O) groups is 1. The highest BCUT2D eigenvalue weighted by Crippen LogP contribution is 2.37. The third-order valence-corrected chi connectivity index (χ3v) is 3.11. The molecule has 0 aromatic heterocycles. The van der Waals surface area contributed by atoms with E-state index in [2.05, 4.69) is 0 Å². The number of nitrogens with zero attached hydrogens (tertiary/aromatic N) is 1. The largest absolute Gasteiger partial charge is 0.298 e. The first-order valence-corrected chi connectivity index (χ1v) is 4.91. The molecule has 0 amide bonds. The standard InChI is InChI=1S/C10H12N2O3/c11-10(12(14)15)6-2-3-7-8(10)4-1-5-9(7)13/h2-3,6,8H,1,4-5,11H2. The number of rotatable bonds is 1. The molecule has 0 heterocycles.